The number of amides is 1. The molecule has 0 bridgehead atoms. The largest absolute Gasteiger partial charge is 0.481 e. The fraction of sp³-hybridized carbons (Fsp3) is 0.381. The van der Waals surface area contributed by atoms with E-state index in [-0.39, 0.29) is 11.3 Å². The second kappa shape index (κ2) is 7.08. The van der Waals surface area contributed by atoms with Crippen molar-refractivity contribution in [1.29, 1.82) is 0 Å². The van der Waals surface area contributed by atoms with Gasteiger partial charge in [0.05, 0.1) is 0 Å². The van der Waals surface area contributed by atoms with Gasteiger partial charge < -0.3 is 10.1 Å². The lowest BCUT2D eigenvalue weighted by molar-refractivity contribution is -0.122. The van der Waals surface area contributed by atoms with Crippen LogP contribution in [-0.4, -0.2) is 12.0 Å². The zero-order chi connectivity index (χ0) is 17.9. The van der Waals surface area contributed by atoms with Crippen molar-refractivity contribution < 1.29 is 9.53 Å². The van der Waals surface area contributed by atoms with E-state index in [2.05, 4.69) is 32.2 Å². The molecule has 3 nitrogen and oxygen atoms in total. The maximum atomic E-state index is 12.3. The summed E-state index contributed by atoms with van der Waals surface area (Å²) in [5, 5.41) is 2.92. The second-order valence-electron chi connectivity index (χ2n) is 7.40. The number of aryl methyl sites for hydroxylation is 2. The SMILES string of the molecule is Cc1cc(C)cc(NC(=O)C(C)Oc2ccc(C(C)(C)C)cc2)c1. The van der Waals surface area contributed by atoms with Crippen LogP contribution in [0.1, 0.15) is 44.4 Å². The van der Waals surface area contributed by atoms with Gasteiger partial charge in [0.2, 0.25) is 0 Å². The molecule has 0 aliphatic rings. The van der Waals surface area contributed by atoms with E-state index in [0.717, 1.165) is 16.8 Å². The average molecular weight is 325 g/mol. The third kappa shape index (κ3) is 4.85. The monoisotopic (exact) mass is 325 g/mol. The fourth-order valence-corrected chi connectivity index (χ4v) is 2.58. The predicted molar refractivity (Wildman–Crippen MR) is 99.8 cm³/mol. The summed E-state index contributed by atoms with van der Waals surface area (Å²) in [5.74, 6) is 0.547. The Morgan fingerprint density at radius 3 is 2.04 bits per heavy atom. The Morgan fingerprint density at radius 1 is 1.00 bits per heavy atom. The number of nitrogens with one attached hydrogen (secondary N) is 1. The Hall–Kier alpha value is -2.29. The highest BCUT2D eigenvalue weighted by atomic mass is 16.5. The molecular weight excluding hydrogens is 298 g/mol. The van der Waals surface area contributed by atoms with Crippen LogP contribution in [0.25, 0.3) is 0 Å². The topological polar surface area (TPSA) is 38.3 Å². The maximum Gasteiger partial charge on any atom is 0.265 e. The molecule has 0 aliphatic carbocycles. The third-order valence-electron chi connectivity index (χ3n) is 3.89. The molecule has 1 atom stereocenters. The number of hydrogen-bond donors (Lipinski definition) is 1. The molecule has 0 fully saturated rings. The van der Waals surface area contributed by atoms with E-state index in [9.17, 15) is 4.79 Å². The van der Waals surface area contributed by atoms with Crippen LogP contribution in [-0.2, 0) is 10.2 Å². The van der Waals surface area contributed by atoms with E-state index >= 15 is 0 Å². The second-order valence-corrected chi connectivity index (χ2v) is 7.40. The van der Waals surface area contributed by atoms with E-state index in [1.54, 1.807) is 6.92 Å². The van der Waals surface area contributed by atoms with Gasteiger partial charge in [-0.15, -0.1) is 0 Å². The van der Waals surface area contributed by atoms with E-state index in [4.69, 9.17) is 4.74 Å². The van der Waals surface area contributed by atoms with Crippen molar-refractivity contribution in [3.05, 3.63) is 59.2 Å². The van der Waals surface area contributed by atoms with Gasteiger partial charge in [-0.2, -0.15) is 0 Å². The lowest BCUT2D eigenvalue weighted by atomic mass is 9.87. The number of hydrogen-bond acceptors (Lipinski definition) is 2. The summed E-state index contributed by atoms with van der Waals surface area (Å²) in [5.41, 5.74) is 4.39. The first-order valence-corrected chi connectivity index (χ1v) is 8.31. The Morgan fingerprint density at radius 2 is 1.54 bits per heavy atom. The smallest absolute Gasteiger partial charge is 0.265 e. The lowest BCUT2D eigenvalue weighted by Gasteiger charge is -2.20. The molecule has 24 heavy (non-hydrogen) atoms. The molecule has 0 saturated heterocycles. The Kier molecular flexibility index (Phi) is 5.33. The summed E-state index contributed by atoms with van der Waals surface area (Å²) in [6.07, 6.45) is -0.564. The molecule has 0 saturated carbocycles. The molecule has 0 radical (unpaired) electrons. The summed E-state index contributed by atoms with van der Waals surface area (Å²) in [7, 11) is 0. The Bertz CT molecular complexity index is 691. The quantitative estimate of drug-likeness (QED) is 0.858. The zero-order valence-corrected chi connectivity index (χ0v) is 15.4. The van der Waals surface area contributed by atoms with Crippen molar-refractivity contribution in [3.63, 3.8) is 0 Å². The zero-order valence-electron chi connectivity index (χ0n) is 15.4. The minimum Gasteiger partial charge on any atom is -0.481 e. The first kappa shape index (κ1) is 18.1. The van der Waals surface area contributed by atoms with Gasteiger partial charge in [0.25, 0.3) is 5.91 Å². The van der Waals surface area contributed by atoms with Crippen LogP contribution in [0, 0.1) is 13.8 Å². The average Bonchev–Trinajstić information content (AvgIpc) is 2.45. The van der Waals surface area contributed by atoms with Crippen LogP contribution in [0.3, 0.4) is 0 Å². The van der Waals surface area contributed by atoms with E-state index in [0.29, 0.717) is 5.75 Å². The molecule has 2 aromatic carbocycles. The minimum absolute atomic E-state index is 0.102. The van der Waals surface area contributed by atoms with E-state index in [1.165, 1.54) is 5.56 Å². The molecule has 0 aromatic heterocycles. The Labute approximate surface area is 145 Å². The fourth-order valence-electron chi connectivity index (χ4n) is 2.58. The van der Waals surface area contributed by atoms with Gasteiger partial charge in [0.1, 0.15) is 5.75 Å². The van der Waals surface area contributed by atoms with Crippen molar-refractivity contribution in [2.75, 3.05) is 5.32 Å². The van der Waals surface area contributed by atoms with Crippen molar-refractivity contribution in [2.45, 2.75) is 53.1 Å². The van der Waals surface area contributed by atoms with Gasteiger partial charge >= 0.3 is 0 Å². The third-order valence-corrected chi connectivity index (χ3v) is 3.89. The summed E-state index contributed by atoms with van der Waals surface area (Å²) >= 11 is 0. The standard InChI is InChI=1S/C21H27NO2/c1-14-11-15(2)13-18(12-14)22-20(23)16(3)24-19-9-7-17(8-10-19)21(4,5)6/h7-13,16H,1-6H3,(H,22,23). The number of carbonyl (C=O) groups excluding carboxylic acids is 1. The molecule has 0 aliphatic heterocycles. The first-order valence-electron chi connectivity index (χ1n) is 8.31. The summed E-state index contributed by atoms with van der Waals surface area (Å²) < 4.78 is 5.76. The normalized spacial score (nSPS) is 12.6. The highest BCUT2D eigenvalue weighted by Crippen LogP contribution is 2.24. The summed E-state index contributed by atoms with van der Waals surface area (Å²) in [6.45, 7) is 12.3. The van der Waals surface area contributed by atoms with E-state index in [1.807, 2.05) is 50.2 Å². The van der Waals surface area contributed by atoms with Gasteiger partial charge in [-0.05, 0) is 67.1 Å². The van der Waals surface area contributed by atoms with Crippen LogP contribution < -0.4 is 10.1 Å². The van der Waals surface area contributed by atoms with Gasteiger partial charge in [-0.25, -0.2) is 0 Å². The highest BCUT2D eigenvalue weighted by molar-refractivity contribution is 5.94. The first-order chi connectivity index (χ1) is 11.1. The number of anilines is 1. The van der Waals surface area contributed by atoms with E-state index < -0.39 is 6.10 Å². The molecular formula is C21H27NO2. The van der Waals surface area contributed by atoms with Gasteiger partial charge in [0, 0.05) is 5.69 Å². The van der Waals surface area contributed by atoms with Crippen molar-refractivity contribution in [3.8, 4) is 5.75 Å². The van der Waals surface area contributed by atoms with Crippen molar-refractivity contribution >= 4 is 11.6 Å². The predicted octanol–water partition coefficient (Wildman–Crippen LogP) is 5.01. The van der Waals surface area contributed by atoms with Crippen LogP contribution in [0.15, 0.2) is 42.5 Å². The minimum atomic E-state index is -0.564. The number of ether oxygens (including phenoxy) is 1. The number of rotatable bonds is 4. The van der Waals surface area contributed by atoms with Crippen molar-refractivity contribution in [1.82, 2.24) is 0 Å². The molecule has 1 N–H and O–H groups in total. The molecule has 2 rings (SSSR count). The van der Waals surface area contributed by atoms with Crippen LogP contribution in [0.5, 0.6) is 5.75 Å². The van der Waals surface area contributed by atoms with Gasteiger partial charge in [0.15, 0.2) is 6.10 Å². The Balaban J connectivity index is 2.01. The summed E-state index contributed by atoms with van der Waals surface area (Å²) in [4.78, 5) is 12.3. The molecule has 1 amide bonds. The van der Waals surface area contributed by atoms with Crippen LogP contribution in [0.2, 0.25) is 0 Å². The van der Waals surface area contributed by atoms with Crippen molar-refractivity contribution in [2.24, 2.45) is 0 Å². The maximum absolute atomic E-state index is 12.3. The number of carbonyl (C=O) groups is 1. The molecule has 0 heterocycles. The molecule has 2 aromatic rings. The van der Waals surface area contributed by atoms with Gasteiger partial charge in [-0.3, -0.25) is 4.79 Å². The summed E-state index contributed by atoms with van der Waals surface area (Å²) in [6, 6.07) is 13.9. The molecule has 1 unspecified atom stereocenters. The van der Waals surface area contributed by atoms with Crippen LogP contribution in [0.4, 0.5) is 5.69 Å². The van der Waals surface area contributed by atoms with Gasteiger partial charge in [-0.1, -0.05) is 39.0 Å². The number of benzene rings is 2. The molecule has 0 spiro atoms. The highest BCUT2D eigenvalue weighted by Gasteiger charge is 2.17. The molecule has 3 heteroatoms. The molecule has 128 valence electrons. The lowest BCUT2D eigenvalue weighted by Crippen LogP contribution is -2.30. The van der Waals surface area contributed by atoms with Crippen LogP contribution >= 0.6 is 0 Å².